The van der Waals surface area contributed by atoms with E-state index >= 15 is 0 Å². The van der Waals surface area contributed by atoms with Gasteiger partial charge in [0.2, 0.25) is 17.7 Å². The van der Waals surface area contributed by atoms with Gasteiger partial charge in [-0.3, -0.25) is 14.4 Å². The van der Waals surface area contributed by atoms with Crippen molar-refractivity contribution < 1.29 is 14.4 Å². The first-order valence-electron chi connectivity index (χ1n) is 7.79. The fourth-order valence-corrected chi connectivity index (χ4v) is 2.84. The van der Waals surface area contributed by atoms with Crippen LogP contribution in [0.1, 0.15) is 29.5 Å². The van der Waals surface area contributed by atoms with Crippen LogP contribution in [0.2, 0.25) is 0 Å². The van der Waals surface area contributed by atoms with E-state index in [1.54, 1.807) is 0 Å². The summed E-state index contributed by atoms with van der Waals surface area (Å²) in [6, 6.07) is 4.00. The van der Waals surface area contributed by atoms with Crippen LogP contribution in [0.15, 0.2) is 12.1 Å². The molecule has 0 unspecified atom stereocenters. The Kier molecular flexibility index (Phi) is 5.36. The Morgan fingerprint density at radius 2 is 1.78 bits per heavy atom. The lowest BCUT2D eigenvalue weighted by Gasteiger charge is -2.16. The van der Waals surface area contributed by atoms with Gasteiger partial charge in [0.15, 0.2) is 0 Å². The van der Waals surface area contributed by atoms with Crippen LogP contribution < -0.4 is 10.6 Å². The lowest BCUT2D eigenvalue weighted by atomic mass is 10.1. The molecule has 0 spiro atoms. The number of amides is 3. The fourth-order valence-electron chi connectivity index (χ4n) is 2.84. The number of hydrogen-bond acceptors (Lipinski definition) is 3. The Bertz CT molecular complexity index is 617. The quantitative estimate of drug-likeness (QED) is 0.859. The Morgan fingerprint density at radius 3 is 2.35 bits per heavy atom. The maximum Gasteiger partial charge on any atom is 0.243 e. The van der Waals surface area contributed by atoms with E-state index in [-0.39, 0.29) is 30.8 Å². The Balaban J connectivity index is 1.83. The monoisotopic (exact) mass is 317 g/mol. The third-order valence-electron chi connectivity index (χ3n) is 3.89. The van der Waals surface area contributed by atoms with Crippen molar-refractivity contribution in [2.45, 2.75) is 33.6 Å². The number of carbonyl (C=O) groups excluding carboxylic acids is 3. The van der Waals surface area contributed by atoms with Gasteiger partial charge in [0.05, 0.1) is 13.1 Å². The fraction of sp³-hybridized carbons (Fsp3) is 0.471. The number of rotatable bonds is 5. The van der Waals surface area contributed by atoms with Crippen LogP contribution in [0, 0.1) is 20.8 Å². The highest BCUT2D eigenvalue weighted by Gasteiger charge is 2.22. The summed E-state index contributed by atoms with van der Waals surface area (Å²) in [7, 11) is 0. The molecule has 6 heteroatoms. The molecule has 23 heavy (non-hydrogen) atoms. The van der Waals surface area contributed by atoms with Gasteiger partial charge in [-0.25, -0.2) is 0 Å². The van der Waals surface area contributed by atoms with Crippen molar-refractivity contribution >= 4 is 23.4 Å². The zero-order chi connectivity index (χ0) is 17.0. The van der Waals surface area contributed by atoms with Gasteiger partial charge >= 0.3 is 0 Å². The molecule has 1 saturated heterocycles. The average Bonchev–Trinajstić information content (AvgIpc) is 2.86. The zero-order valence-electron chi connectivity index (χ0n) is 13.9. The highest BCUT2D eigenvalue weighted by Crippen LogP contribution is 2.21. The van der Waals surface area contributed by atoms with Crippen molar-refractivity contribution in [3.63, 3.8) is 0 Å². The van der Waals surface area contributed by atoms with Crippen molar-refractivity contribution in [1.82, 2.24) is 10.2 Å². The number of nitrogens with one attached hydrogen (secondary N) is 2. The molecular weight excluding hydrogens is 294 g/mol. The van der Waals surface area contributed by atoms with Gasteiger partial charge in [-0.15, -0.1) is 0 Å². The number of nitrogens with zero attached hydrogens (tertiary/aromatic N) is 1. The summed E-state index contributed by atoms with van der Waals surface area (Å²) in [5.74, 6) is -0.593. The number of aryl methyl sites for hydroxylation is 3. The van der Waals surface area contributed by atoms with Gasteiger partial charge in [0, 0.05) is 18.7 Å². The van der Waals surface area contributed by atoms with Crippen molar-refractivity contribution in [2.24, 2.45) is 0 Å². The second-order valence-corrected chi connectivity index (χ2v) is 6.02. The van der Waals surface area contributed by atoms with Crippen LogP contribution in [0.3, 0.4) is 0 Å². The zero-order valence-corrected chi connectivity index (χ0v) is 13.9. The van der Waals surface area contributed by atoms with Crippen LogP contribution in [-0.4, -0.2) is 42.3 Å². The second-order valence-electron chi connectivity index (χ2n) is 6.02. The van der Waals surface area contributed by atoms with E-state index < -0.39 is 0 Å². The molecule has 0 aromatic heterocycles. The van der Waals surface area contributed by atoms with Crippen LogP contribution >= 0.6 is 0 Å². The highest BCUT2D eigenvalue weighted by molar-refractivity contribution is 5.96. The minimum atomic E-state index is -0.312. The van der Waals surface area contributed by atoms with E-state index in [4.69, 9.17) is 0 Å². The third-order valence-corrected chi connectivity index (χ3v) is 3.89. The SMILES string of the molecule is Cc1cc(C)c(NC(=O)CNC(=O)CN2CCCC2=O)c(C)c1. The molecule has 1 aromatic carbocycles. The summed E-state index contributed by atoms with van der Waals surface area (Å²) >= 11 is 0. The predicted molar refractivity (Wildman–Crippen MR) is 88.1 cm³/mol. The van der Waals surface area contributed by atoms with Crippen LogP contribution in [0.25, 0.3) is 0 Å². The van der Waals surface area contributed by atoms with Gasteiger partial charge in [-0.1, -0.05) is 17.7 Å². The number of carbonyl (C=O) groups is 3. The molecule has 6 nitrogen and oxygen atoms in total. The number of likely N-dealkylation sites (tertiary alicyclic amines) is 1. The Morgan fingerprint density at radius 1 is 1.13 bits per heavy atom. The summed E-state index contributed by atoms with van der Waals surface area (Å²) < 4.78 is 0. The molecule has 0 radical (unpaired) electrons. The highest BCUT2D eigenvalue weighted by atomic mass is 16.2. The molecule has 0 atom stereocenters. The smallest absolute Gasteiger partial charge is 0.243 e. The van der Waals surface area contributed by atoms with Gasteiger partial charge in [0.25, 0.3) is 0 Å². The summed E-state index contributed by atoms with van der Waals surface area (Å²) in [4.78, 5) is 36.8. The molecular formula is C17H23N3O3. The maximum absolute atomic E-state index is 12.0. The summed E-state index contributed by atoms with van der Waals surface area (Å²) in [5.41, 5.74) is 3.90. The van der Waals surface area contributed by atoms with E-state index in [0.29, 0.717) is 13.0 Å². The molecule has 1 fully saturated rings. The van der Waals surface area contributed by atoms with Gasteiger partial charge in [-0.05, 0) is 38.3 Å². The standard InChI is InChI=1S/C17H23N3O3/c1-11-7-12(2)17(13(3)8-11)19-14(21)9-18-15(22)10-20-6-4-5-16(20)23/h7-8H,4-6,9-10H2,1-3H3,(H,18,22)(H,19,21). The van der Waals surface area contributed by atoms with E-state index in [9.17, 15) is 14.4 Å². The molecule has 0 saturated carbocycles. The largest absolute Gasteiger partial charge is 0.345 e. The number of hydrogen-bond donors (Lipinski definition) is 2. The van der Waals surface area contributed by atoms with Gasteiger partial charge in [-0.2, -0.15) is 0 Å². The van der Waals surface area contributed by atoms with E-state index in [1.807, 2.05) is 32.9 Å². The lowest BCUT2D eigenvalue weighted by Crippen LogP contribution is -2.40. The third kappa shape index (κ3) is 4.55. The first-order valence-corrected chi connectivity index (χ1v) is 7.79. The summed E-state index contributed by atoms with van der Waals surface area (Å²) in [6.45, 7) is 6.41. The number of anilines is 1. The molecule has 3 amide bonds. The average molecular weight is 317 g/mol. The number of benzene rings is 1. The molecule has 2 N–H and O–H groups in total. The van der Waals surface area contributed by atoms with E-state index in [1.165, 1.54) is 4.90 Å². The molecule has 1 aliphatic heterocycles. The Hall–Kier alpha value is -2.37. The van der Waals surface area contributed by atoms with E-state index in [0.717, 1.165) is 28.8 Å². The molecule has 2 rings (SSSR count). The predicted octanol–water partition coefficient (Wildman–Crippen LogP) is 1.29. The minimum absolute atomic E-state index is 0.00416. The molecule has 1 aromatic rings. The topological polar surface area (TPSA) is 78.5 Å². The van der Waals surface area contributed by atoms with Crippen molar-refractivity contribution in [2.75, 3.05) is 25.0 Å². The normalized spacial score (nSPS) is 14.0. The van der Waals surface area contributed by atoms with Crippen molar-refractivity contribution in [3.05, 3.63) is 28.8 Å². The molecule has 0 aliphatic carbocycles. The molecule has 1 aliphatic rings. The van der Waals surface area contributed by atoms with Crippen LogP contribution in [0.5, 0.6) is 0 Å². The maximum atomic E-state index is 12.0. The summed E-state index contributed by atoms with van der Waals surface area (Å²) in [6.07, 6.45) is 1.29. The van der Waals surface area contributed by atoms with Gasteiger partial charge < -0.3 is 15.5 Å². The van der Waals surface area contributed by atoms with Crippen molar-refractivity contribution in [1.29, 1.82) is 0 Å². The van der Waals surface area contributed by atoms with Crippen LogP contribution in [0.4, 0.5) is 5.69 Å². The summed E-state index contributed by atoms with van der Waals surface area (Å²) in [5, 5.41) is 5.38. The minimum Gasteiger partial charge on any atom is -0.345 e. The molecule has 1 heterocycles. The van der Waals surface area contributed by atoms with Crippen LogP contribution in [-0.2, 0) is 14.4 Å². The lowest BCUT2D eigenvalue weighted by molar-refractivity contribution is -0.133. The molecule has 0 bridgehead atoms. The second kappa shape index (κ2) is 7.26. The van der Waals surface area contributed by atoms with Gasteiger partial charge in [0.1, 0.15) is 0 Å². The first kappa shape index (κ1) is 17.0. The van der Waals surface area contributed by atoms with E-state index in [2.05, 4.69) is 10.6 Å². The van der Waals surface area contributed by atoms with Crippen molar-refractivity contribution in [3.8, 4) is 0 Å². The molecule has 124 valence electrons. The Labute approximate surface area is 136 Å². The first-order chi connectivity index (χ1) is 10.9.